The first-order valence-corrected chi connectivity index (χ1v) is 8.07. The summed E-state index contributed by atoms with van der Waals surface area (Å²) in [5, 5.41) is 1.09. The van der Waals surface area contributed by atoms with Crippen molar-refractivity contribution in [1.82, 2.24) is 14.9 Å². The molecule has 0 bridgehead atoms. The van der Waals surface area contributed by atoms with Crippen LogP contribution in [0.3, 0.4) is 0 Å². The Labute approximate surface area is 140 Å². The largest absolute Gasteiger partial charge is 0.493 e. The zero-order valence-electron chi connectivity index (χ0n) is 13.1. The van der Waals surface area contributed by atoms with Gasteiger partial charge >= 0.3 is 0 Å². The minimum absolute atomic E-state index is 0.223. The van der Waals surface area contributed by atoms with Gasteiger partial charge in [0.2, 0.25) is 5.28 Å². The van der Waals surface area contributed by atoms with Crippen LogP contribution in [-0.4, -0.2) is 61.4 Å². The first-order chi connectivity index (χ1) is 11.3. The summed E-state index contributed by atoms with van der Waals surface area (Å²) < 4.78 is 16.6. The van der Waals surface area contributed by atoms with Crippen LogP contribution in [0, 0.1) is 0 Å². The summed E-state index contributed by atoms with van der Waals surface area (Å²) in [6.07, 6.45) is 2.63. The SMILES string of the molecule is COc1cc2cnc(Cl)nc2cc1OCCCN1CCOCC1. The molecule has 1 aliphatic rings. The molecule has 0 N–H and O–H groups in total. The van der Waals surface area contributed by atoms with Crippen LogP contribution in [0.15, 0.2) is 18.3 Å². The van der Waals surface area contributed by atoms with Gasteiger partial charge in [-0.15, -0.1) is 0 Å². The molecule has 2 heterocycles. The molecule has 23 heavy (non-hydrogen) atoms. The third-order valence-corrected chi connectivity index (χ3v) is 4.00. The fourth-order valence-corrected chi connectivity index (χ4v) is 2.72. The lowest BCUT2D eigenvalue weighted by molar-refractivity contribution is 0.0357. The minimum Gasteiger partial charge on any atom is -0.493 e. The normalized spacial score (nSPS) is 15.7. The molecule has 0 atom stereocenters. The predicted octanol–water partition coefficient (Wildman–Crippen LogP) is 2.39. The fourth-order valence-electron chi connectivity index (χ4n) is 2.58. The van der Waals surface area contributed by atoms with Crippen molar-refractivity contribution in [3.63, 3.8) is 0 Å². The lowest BCUT2D eigenvalue weighted by atomic mass is 10.2. The van der Waals surface area contributed by atoms with Gasteiger partial charge in [0.15, 0.2) is 11.5 Å². The van der Waals surface area contributed by atoms with Crippen molar-refractivity contribution in [3.8, 4) is 11.5 Å². The zero-order valence-corrected chi connectivity index (χ0v) is 13.9. The number of ether oxygens (including phenoxy) is 3. The van der Waals surface area contributed by atoms with Crippen LogP contribution in [0.2, 0.25) is 5.28 Å². The van der Waals surface area contributed by atoms with Crippen LogP contribution in [0.1, 0.15) is 6.42 Å². The fraction of sp³-hybridized carbons (Fsp3) is 0.500. The standard InChI is InChI=1S/C16H20ClN3O3/c1-21-14-9-12-11-18-16(17)19-13(12)10-15(14)23-6-2-3-20-4-7-22-8-5-20/h9-11H,2-8H2,1H3. The van der Waals surface area contributed by atoms with Gasteiger partial charge in [0.05, 0.1) is 32.4 Å². The van der Waals surface area contributed by atoms with Gasteiger partial charge < -0.3 is 14.2 Å². The van der Waals surface area contributed by atoms with E-state index in [1.165, 1.54) is 0 Å². The average Bonchev–Trinajstić information content (AvgIpc) is 2.59. The van der Waals surface area contributed by atoms with E-state index < -0.39 is 0 Å². The Balaban J connectivity index is 1.61. The van der Waals surface area contributed by atoms with E-state index in [0.29, 0.717) is 18.1 Å². The Morgan fingerprint density at radius 3 is 2.87 bits per heavy atom. The highest BCUT2D eigenvalue weighted by atomic mass is 35.5. The zero-order chi connectivity index (χ0) is 16.1. The Bertz CT molecular complexity index is 662. The van der Waals surface area contributed by atoms with E-state index in [4.69, 9.17) is 25.8 Å². The van der Waals surface area contributed by atoms with Gasteiger partial charge in [-0.05, 0) is 24.1 Å². The lowest BCUT2D eigenvalue weighted by Gasteiger charge is -2.26. The second-order valence-corrected chi connectivity index (χ2v) is 5.70. The summed E-state index contributed by atoms with van der Waals surface area (Å²) in [6.45, 7) is 5.26. The quantitative estimate of drug-likeness (QED) is 0.596. The molecule has 1 fully saturated rings. The third kappa shape index (κ3) is 4.22. The Morgan fingerprint density at radius 1 is 1.26 bits per heavy atom. The van der Waals surface area contributed by atoms with Gasteiger partial charge in [-0.1, -0.05) is 0 Å². The smallest absolute Gasteiger partial charge is 0.222 e. The van der Waals surface area contributed by atoms with Crippen LogP contribution in [-0.2, 0) is 4.74 Å². The average molecular weight is 338 g/mol. The monoisotopic (exact) mass is 337 g/mol. The van der Waals surface area contributed by atoms with Crippen molar-refractivity contribution >= 4 is 22.5 Å². The van der Waals surface area contributed by atoms with E-state index in [9.17, 15) is 0 Å². The summed E-state index contributed by atoms with van der Waals surface area (Å²) >= 11 is 5.85. The molecule has 7 heteroatoms. The molecular weight excluding hydrogens is 318 g/mol. The van der Waals surface area contributed by atoms with Crippen molar-refractivity contribution in [2.75, 3.05) is 46.6 Å². The van der Waals surface area contributed by atoms with Crippen molar-refractivity contribution in [2.24, 2.45) is 0 Å². The molecular formula is C16H20ClN3O3. The van der Waals surface area contributed by atoms with Crippen molar-refractivity contribution in [1.29, 1.82) is 0 Å². The number of aromatic nitrogens is 2. The van der Waals surface area contributed by atoms with E-state index >= 15 is 0 Å². The number of nitrogens with zero attached hydrogens (tertiary/aromatic N) is 3. The number of rotatable bonds is 6. The summed E-state index contributed by atoms with van der Waals surface area (Å²) in [5.74, 6) is 1.35. The molecule has 1 aliphatic heterocycles. The molecule has 124 valence electrons. The molecule has 2 aromatic rings. The molecule has 0 radical (unpaired) electrons. The summed E-state index contributed by atoms with van der Waals surface area (Å²) in [6, 6.07) is 3.71. The number of hydrogen-bond donors (Lipinski definition) is 0. The molecule has 0 saturated carbocycles. The molecule has 6 nitrogen and oxygen atoms in total. The number of benzene rings is 1. The Hall–Kier alpha value is -1.63. The Kier molecular flexibility index (Phi) is 5.48. The highest BCUT2D eigenvalue weighted by Crippen LogP contribution is 2.31. The van der Waals surface area contributed by atoms with Crippen molar-refractivity contribution in [3.05, 3.63) is 23.6 Å². The number of fused-ring (bicyclic) bond motifs is 1. The van der Waals surface area contributed by atoms with E-state index in [0.717, 1.165) is 50.2 Å². The second-order valence-electron chi connectivity index (χ2n) is 5.36. The summed E-state index contributed by atoms with van der Waals surface area (Å²) in [4.78, 5) is 10.6. The predicted molar refractivity (Wildman–Crippen MR) is 88.5 cm³/mol. The van der Waals surface area contributed by atoms with Crippen LogP contribution < -0.4 is 9.47 Å². The molecule has 0 unspecified atom stereocenters. The molecule has 0 spiro atoms. The van der Waals surface area contributed by atoms with E-state index in [2.05, 4.69) is 14.9 Å². The van der Waals surface area contributed by atoms with Crippen molar-refractivity contribution < 1.29 is 14.2 Å². The summed E-state index contributed by atoms with van der Waals surface area (Å²) in [7, 11) is 1.62. The maximum Gasteiger partial charge on any atom is 0.222 e. The topological polar surface area (TPSA) is 56.7 Å². The minimum atomic E-state index is 0.223. The molecule has 1 saturated heterocycles. The van der Waals surface area contributed by atoms with Crippen molar-refractivity contribution in [2.45, 2.75) is 6.42 Å². The van der Waals surface area contributed by atoms with E-state index in [1.54, 1.807) is 13.3 Å². The van der Waals surface area contributed by atoms with Gasteiger partial charge in [-0.2, -0.15) is 0 Å². The van der Waals surface area contributed by atoms with Gasteiger partial charge in [0, 0.05) is 37.3 Å². The van der Waals surface area contributed by atoms with Gasteiger partial charge in [-0.25, -0.2) is 9.97 Å². The first kappa shape index (κ1) is 16.2. The number of hydrogen-bond acceptors (Lipinski definition) is 6. The van der Waals surface area contributed by atoms with Crippen LogP contribution in [0.5, 0.6) is 11.5 Å². The maximum absolute atomic E-state index is 5.88. The highest BCUT2D eigenvalue weighted by molar-refractivity contribution is 6.28. The highest BCUT2D eigenvalue weighted by Gasteiger charge is 2.11. The molecule has 3 rings (SSSR count). The molecule has 1 aromatic heterocycles. The van der Waals surface area contributed by atoms with Gasteiger partial charge in [0.25, 0.3) is 0 Å². The number of methoxy groups -OCH3 is 1. The van der Waals surface area contributed by atoms with Gasteiger partial charge in [0.1, 0.15) is 0 Å². The van der Waals surface area contributed by atoms with E-state index in [-0.39, 0.29) is 5.28 Å². The molecule has 0 amide bonds. The number of halogens is 1. The second kappa shape index (κ2) is 7.77. The summed E-state index contributed by atoms with van der Waals surface area (Å²) in [5.41, 5.74) is 0.744. The lowest BCUT2D eigenvalue weighted by Crippen LogP contribution is -2.37. The molecule has 1 aromatic carbocycles. The maximum atomic E-state index is 5.88. The third-order valence-electron chi connectivity index (χ3n) is 3.82. The van der Waals surface area contributed by atoms with Crippen LogP contribution >= 0.6 is 11.6 Å². The molecule has 0 aliphatic carbocycles. The number of morpholine rings is 1. The first-order valence-electron chi connectivity index (χ1n) is 7.69. The van der Waals surface area contributed by atoms with Gasteiger partial charge in [-0.3, -0.25) is 4.90 Å². The Morgan fingerprint density at radius 2 is 2.09 bits per heavy atom. The van der Waals surface area contributed by atoms with Crippen LogP contribution in [0.4, 0.5) is 0 Å². The van der Waals surface area contributed by atoms with E-state index in [1.807, 2.05) is 12.1 Å². The van der Waals surface area contributed by atoms with Crippen LogP contribution in [0.25, 0.3) is 10.9 Å².